The van der Waals surface area contributed by atoms with Crippen LogP contribution in [-0.4, -0.2) is 23.7 Å². The Labute approximate surface area is 89.3 Å². The van der Waals surface area contributed by atoms with Crippen molar-refractivity contribution in [1.82, 2.24) is 5.32 Å². The minimum absolute atomic E-state index is 0.187. The number of rotatable bonds is 5. The van der Waals surface area contributed by atoms with E-state index in [4.69, 9.17) is 4.42 Å². The Hall–Kier alpha value is -1.29. The molecule has 15 heavy (non-hydrogen) atoms. The zero-order valence-electron chi connectivity index (χ0n) is 9.12. The molecule has 0 aliphatic heterocycles. The maximum Gasteiger partial charge on any atom is 0.254 e. The second-order valence-corrected chi connectivity index (χ2v) is 3.38. The fourth-order valence-corrected chi connectivity index (χ4v) is 1.27. The third kappa shape index (κ3) is 3.09. The van der Waals surface area contributed by atoms with Crippen molar-refractivity contribution in [2.75, 3.05) is 6.54 Å². The lowest BCUT2D eigenvalue weighted by Gasteiger charge is -2.08. The SMILES string of the molecule is CCc1occc1C(=O)NCC(O)CC. The molecule has 1 amide bonds. The van der Waals surface area contributed by atoms with Crippen molar-refractivity contribution in [2.45, 2.75) is 32.8 Å². The summed E-state index contributed by atoms with van der Waals surface area (Å²) in [5.41, 5.74) is 0.556. The lowest BCUT2D eigenvalue weighted by atomic mass is 10.2. The Kier molecular flexibility index (Phi) is 4.37. The Bertz CT molecular complexity index is 319. The summed E-state index contributed by atoms with van der Waals surface area (Å²) in [5, 5.41) is 12.0. The number of amides is 1. The summed E-state index contributed by atoms with van der Waals surface area (Å²) in [7, 11) is 0. The fourth-order valence-electron chi connectivity index (χ4n) is 1.27. The van der Waals surface area contributed by atoms with Gasteiger partial charge in [0.1, 0.15) is 5.76 Å². The van der Waals surface area contributed by atoms with Gasteiger partial charge in [-0.25, -0.2) is 0 Å². The van der Waals surface area contributed by atoms with Crippen molar-refractivity contribution in [1.29, 1.82) is 0 Å². The molecule has 84 valence electrons. The molecule has 1 rings (SSSR count). The molecule has 0 spiro atoms. The van der Waals surface area contributed by atoms with Gasteiger partial charge in [-0.3, -0.25) is 4.79 Å². The molecule has 4 heteroatoms. The first-order valence-corrected chi connectivity index (χ1v) is 5.21. The molecule has 2 N–H and O–H groups in total. The third-order valence-corrected chi connectivity index (χ3v) is 2.28. The molecule has 0 saturated heterocycles. The van der Waals surface area contributed by atoms with Crippen LogP contribution in [0.25, 0.3) is 0 Å². The van der Waals surface area contributed by atoms with Crippen LogP contribution in [0.15, 0.2) is 16.7 Å². The molecule has 1 heterocycles. The maximum absolute atomic E-state index is 11.6. The van der Waals surface area contributed by atoms with Gasteiger partial charge >= 0.3 is 0 Å². The largest absolute Gasteiger partial charge is 0.469 e. The second kappa shape index (κ2) is 5.56. The van der Waals surface area contributed by atoms with Crippen LogP contribution in [-0.2, 0) is 6.42 Å². The average molecular weight is 211 g/mol. The minimum Gasteiger partial charge on any atom is -0.469 e. The van der Waals surface area contributed by atoms with E-state index in [0.717, 1.165) is 0 Å². The van der Waals surface area contributed by atoms with Gasteiger partial charge in [-0.05, 0) is 12.5 Å². The number of carbonyl (C=O) groups is 1. The van der Waals surface area contributed by atoms with Gasteiger partial charge in [-0.1, -0.05) is 13.8 Å². The van der Waals surface area contributed by atoms with Gasteiger partial charge in [-0.15, -0.1) is 0 Å². The molecule has 0 aliphatic carbocycles. The molecule has 1 unspecified atom stereocenters. The highest BCUT2D eigenvalue weighted by Gasteiger charge is 2.13. The van der Waals surface area contributed by atoms with Gasteiger partial charge in [0.15, 0.2) is 0 Å². The van der Waals surface area contributed by atoms with Crippen molar-refractivity contribution in [3.8, 4) is 0 Å². The van der Waals surface area contributed by atoms with E-state index in [1.807, 2.05) is 13.8 Å². The van der Waals surface area contributed by atoms with Crippen LogP contribution in [0.3, 0.4) is 0 Å². The van der Waals surface area contributed by atoms with E-state index in [9.17, 15) is 9.90 Å². The Balaban J connectivity index is 2.54. The van der Waals surface area contributed by atoms with Crippen molar-refractivity contribution < 1.29 is 14.3 Å². The van der Waals surface area contributed by atoms with Gasteiger partial charge in [0.05, 0.1) is 17.9 Å². The molecule has 1 atom stereocenters. The second-order valence-electron chi connectivity index (χ2n) is 3.38. The number of hydrogen-bond acceptors (Lipinski definition) is 3. The van der Waals surface area contributed by atoms with Crippen molar-refractivity contribution in [3.63, 3.8) is 0 Å². The normalized spacial score (nSPS) is 12.5. The zero-order valence-corrected chi connectivity index (χ0v) is 9.12. The predicted molar refractivity (Wildman–Crippen MR) is 56.7 cm³/mol. The number of aliphatic hydroxyl groups is 1. The summed E-state index contributed by atoms with van der Waals surface area (Å²) >= 11 is 0. The maximum atomic E-state index is 11.6. The first-order valence-electron chi connectivity index (χ1n) is 5.21. The summed E-state index contributed by atoms with van der Waals surface area (Å²) < 4.78 is 5.14. The highest BCUT2D eigenvalue weighted by Crippen LogP contribution is 2.10. The van der Waals surface area contributed by atoms with Crippen LogP contribution < -0.4 is 5.32 Å². The van der Waals surface area contributed by atoms with E-state index in [2.05, 4.69) is 5.32 Å². The van der Waals surface area contributed by atoms with Gasteiger partial charge < -0.3 is 14.8 Å². The van der Waals surface area contributed by atoms with E-state index in [-0.39, 0.29) is 12.5 Å². The van der Waals surface area contributed by atoms with Crippen molar-refractivity contribution in [2.24, 2.45) is 0 Å². The quantitative estimate of drug-likeness (QED) is 0.772. The average Bonchev–Trinajstić information content (AvgIpc) is 2.73. The molecule has 0 fully saturated rings. The number of furan rings is 1. The molecule has 1 aromatic rings. The summed E-state index contributed by atoms with van der Waals surface area (Å²) in [5.74, 6) is 0.492. The van der Waals surface area contributed by atoms with Crippen LogP contribution in [0.1, 0.15) is 36.4 Å². The van der Waals surface area contributed by atoms with E-state index in [0.29, 0.717) is 24.2 Å². The van der Waals surface area contributed by atoms with Crippen LogP contribution in [0.2, 0.25) is 0 Å². The molecular weight excluding hydrogens is 194 g/mol. The lowest BCUT2D eigenvalue weighted by Crippen LogP contribution is -2.31. The van der Waals surface area contributed by atoms with Gasteiger partial charge in [0.2, 0.25) is 0 Å². The summed E-state index contributed by atoms with van der Waals surface area (Å²) in [6, 6.07) is 1.65. The number of aryl methyl sites for hydroxylation is 1. The van der Waals surface area contributed by atoms with Gasteiger partial charge in [-0.2, -0.15) is 0 Å². The Morgan fingerprint density at radius 2 is 2.33 bits per heavy atom. The fraction of sp³-hybridized carbons (Fsp3) is 0.545. The monoisotopic (exact) mass is 211 g/mol. The summed E-state index contributed by atoms with van der Waals surface area (Å²) in [4.78, 5) is 11.6. The molecule has 0 radical (unpaired) electrons. The smallest absolute Gasteiger partial charge is 0.254 e. The number of aliphatic hydroxyl groups excluding tert-OH is 1. The third-order valence-electron chi connectivity index (χ3n) is 2.28. The Morgan fingerprint density at radius 3 is 2.93 bits per heavy atom. The standard InChI is InChI=1S/C11H17NO3/c1-3-8(13)7-12-11(14)9-5-6-15-10(9)4-2/h5-6,8,13H,3-4,7H2,1-2H3,(H,12,14). The minimum atomic E-state index is -0.481. The highest BCUT2D eigenvalue weighted by molar-refractivity contribution is 5.95. The van der Waals surface area contributed by atoms with Gasteiger partial charge in [0.25, 0.3) is 5.91 Å². The molecule has 0 saturated carbocycles. The molecular formula is C11H17NO3. The number of nitrogens with one attached hydrogen (secondary N) is 1. The summed E-state index contributed by atoms with van der Waals surface area (Å²) in [6.07, 6.45) is 2.34. The van der Waals surface area contributed by atoms with Crippen molar-refractivity contribution >= 4 is 5.91 Å². The topological polar surface area (TPSA) is 62.5 Å². The van der Waals surface area contributed by atoms with Crippen LogP contribution >= 0.6 is 0 Å². The van der Waals surface area contributed by atoms with Crippen molar-refractivity contribution in [3.05, 3.63) is 23.7 Å². The predicted octanol–water partition coefficient (Wildman–Crippen LogP) is 1.34. The number of carbonyl (C=O) groups excluding carboxylic acids is 1. The van der Waals surface area contributed by atoms with E-state index >= 15 is 0 Å². The molecule has 0 aromatic carbocycles. The summed E-state index contributed by atoms with van der Waals surface area (Å²) in [6.45, 7) is 4.08. The highest BCUT2D eigenvalue weighted by atomic mass is 16.3. The lowest BCUT2D eigenvalue weighted by molar-refractivity contribution is 0.0912. The van der Waals surface area contributed by atoms with Crippen LogP contribution in [0.5, 0.6) is 0 Å². The molecule has 0 aliphatic rings. The number of hydrogen-bond donors (Lipinski definition) is 2. The molecule has 4 nitrogen and oxygen atoms in total. The van der Waals surface area contributed by atoms with Crippen LogP contribution in [0, 0.1) is 0 Å². The van der Waals surface area contributed by atoms with E-state index in [1.165, 1.54) is 6.26 Å². The van der Waals surface area contributed by atoms with Crippen LogP contribution in [0.4, 0.5) is 0 Å². The zero-order chi connectivity index (χ0) is 11.3. The van der Waals surface area contributed by atoms with E-state index in [1.54, 1.807) is 6.07 Å². The first-order chi connectivity index (χ1) is 7.19. The van der Waals surface area contributed by atoms with Gasteiger partial charge in [0, 0.05) is 13.0 Å². The molecule has 0 bridgehead atoms. The molecule has 1 aromatic heterocycles. The Morgan fingerprint density at radius 1 is 1.60 bits per heavy atom. The first kappa shape index (κ1) is 11.8. The van der Waals surface area contributed by atoms with E-state index < -0.39 is 6.10 Å².